The van der Waals surface area contributed by atoms with E-state index < -0.39 is 0 Å². The predicted molar refractivity (Wildman–Crippen MR) is 73.1 cm³/mol. The minimum absolute atomic E-state index is 0.0497. The van der Waals surface area contributed by atoms with Gasteiger partial charge < -0.3 is 14.6 Å². The van der Waals surface area contributed by atoms with Crippen LogP contribution < -0.4 is 5.32 Å². The SMILES string of the molecule is Cc1ccc(C(=O)N(CC2CC2)CC2CCCN2)o1. The van der Waals surface area contributed by atoms with Gasteiger partial charge in [-0.1, -0.05) is 0 Å². The minimum atomic E-state index is 0.0497. The number of aryl methyl sites for hydroxylation is 1. The summed E-state index contributed by atoms with van der Waals surface area (Å²) in [7, 11) is 0. The average molecular weight is 262 g/mol. The molecular formula is C15H22N2O2. The molecule has 0 bridgehead atoms. The zero-order chi connectivity index (χ0) is 13.2. The highest BCUT2D eigenvalue weighted by molar-refractivity contribution is 5.91. The maximum absolute atomic E-state index is 12.5. The number of rotatable bonds is 5. The minimum Gasteiger partial charge on any atom is -0.456 e. The molecule has 0 spiro atoms. The van der Waals surface area contributed by atoms with Gasteiger partial charge in [-0.3, -0.25) is 4.79 Å². The molecule has 2 aliphatic rings. The number of hydrogen-bond donors (Lipinski definition) is 1. The van der Waals surface area contributed by atoms with Crippen LogP contribution >= 0.6 is 0 Å². The van der Waals surface area contributed by atoms with Crippen molar-refractivity contribution in [3.8, 4) is 0 Å². The van der Waals surface area contributed by atoms with E-state index in [-0.39, 0.29) is 5.91 Å². The second kappa shape index (κ2) is 5.37. The third-order valence-electron chi connectivity index (χ3n) is 4.02. The summed E-state index contributed by atoms with van der Waals surface area (Å²) in [6.07, 6.45) is 4.92. The Labute approximate surface area is 114 Å². The molecule has 1 saturated heterocycles. The Kier molecular flexibility index (Phi) is 3.60. The molecule has 3 rings (SSSR count). The Morgan fingerprint density at radius 2 is 2.21 bits per heavy atom. The first-order chi connectivity index (χ1) is 9.22. The fourth-order valence-corrected chi connectivity index (χ4v) is 2.74. The van der Waals surface area contributed by atoms with E-state index in [1.54, 1.807) is 6.07 Å². The van der Waals surface area contributed by atoms with Crippen LogP contribution in [0.15, 0.2) is 16.5 Å². The van der Waals surface area contributed by atoms with Gasteiger partial charge in [-0.2, -0.15) is 0 Å². The summed E-state index contributed by atoms with van der Waals surface area (Å²) >= 11 is 0. The number of carbonyl (C=O) groups is 1. The van der Waals surface area contributed by atoms with E-state index >= 15 is 0 Å². The van der Waals surface area contributed by atoms with Gasteiger partial charge >= 0.3 is 0 Å². The average Bonchev–Trinajstić information content (AvgIpc) is 2.89. The van der Waals surface area contributed by atoms with Gasteiger partial charge in [-0.05, 0) is 57.2 Å². The highest BCUT2D eigenvalue weighted by Gasteiger charge is 2.30. The lowest BCUT2D eigenvalue weighted by molar-refractivity contribution is 0.0700. The standard InChI is InChI=1S/C15H22N2O2/c1-11-4-7-14(19-11)15(18)17(9-12-5-6-12)10-13-3-2-8-16-13/h4,7,12-13,16H,2-3,5-6,8-10H2,1H3. The van der Waals surface area contributed by atoms with Crippen molar-refractivity contribution < 1.29 is 9.21 Å². The first kappa shape index (κ1) is 12.7. The van der Waals surface area contributed by atoms with Gasteiger partial charge in [0.25, 0.3) is 5.91 Å². The van der Waals surface area contributed by atoms with Crippen molar-refractivity contribution in [2.45, 2.75) is 38.6 Å². The first-order valence-corrected chi connectivity index (χ1v) is 7.31. The molecule has 1 aromatic heterocycles. The maximum Gasteiger partial charge on any atom is 0.289 e. The Bertz CT molecular complexity index is 445. The third kappa shape index (κ3) is 3.18. The van der Waals surface area contributed by atoms with E-state index in [0.717, 1.165) is 25.4 Å². The van der Waals surface area contributed by atoms with Crippen molar-refractivity contribution in [2.24, 2.45) is 5.92 Å². The molecule has 2 fully saturated rings. The van der Waals surface area contributed by atoms with Crippen molar-refractivity contribution in [3.05, 3.63) is 23.7 Å². The van der Waals surface area contributed by atoms with Crippen molar-refractivity contribution in [1.29, 1.82) is 0 Å². The molecule has 2 heterocycles. The fraction of sp³-hybridized carbons (Fsp3) is 0.667. The van der Waals surface area contributed by atoms with Gasteiger partial charge in [0.1, 0.15) is 5.76 Å². The molecule has 19 heavy (non-hydrogen) atoms. The summed E-state index contributed by atoms with van der Waals surface area (Å²) < 4.78 is 5.48. The van der Waals surface area contributed by atoms with Crippen LogP contribution in [0, 0.1) is 12.8 Å². The molecule has 4 heteroatoms. The van der Waals surface area contributed by atoms with Crippen LogP contribution in [0.25, 0.3) is 0 Å². The number of nitrogens with zero attached hydrogens (tertiary/aromatic N) is 1. The molecule has 1 aliphatic carbocycles. The summed E-state index contributed by atoms with van der Waals surface area (Å²) in [5.74, 6) is 2.04. The van der Waals surface area contributed by atoms with E-state index in [9.17, 15) is 4.79 Å². The van der Waals surface area contributed by atoms with Crippen LogP contribution in [-0.2, 0) is 0 Å². The number of nitrogens with one attached hydrogen (secondary N) is 1. The highest BCUT2D eigenvalue weighted by atomic mass is 16.3. The van der Waals surface area contributed by atoms with E-state index in [0.29, 0.717) is 17.7 Å². The number of furan rings is 1. The van der Waals surface area contributed by atoms with Gasteiger partial charge in [0.2, 0.25) is 0 Å². The lowest BCUT2D eigenvalue weighted by Gasteiger charge is -2.25. The Morgan fingerprint density at radius 1 is 1.37 bits per heavy atom. The van der Waals surface area contributed by atoms with Gasteiger partial charge in [-0.25, -0.2) is 0 Å². The zero-order valence-electron chi connectivity index (χ0n) is 11.5. The van der Waals surface area contributed by atoms with Crippen molar-refractivity contribution >= 4 is 5.91 Å². The molecule has 1 saturated carbocycles. The quantitative estimate of drug-likeness (QED) is 0.884. The lowest BCUT2D eigenvalue weighted by Crippen LogP contribution is -2.42. The summed E-state index contributed by atoms with van der Waals surface area (Å²) in [5, 5.41) is 3.47. The second-order valence-corrected chi connectivity index (χ2v) is 5.86. The van der Waals surface area contributed by atoms with Gasteiger partial charge in [0.15, 0.2) is 5.76 Å². The van der Waals surface area contributed by atoms with Crippen LogP contribution in [0.4, 0.5) is 0 Å². The van der Waals surface area contributed by atoms with Crippen LogP contribution in [0.2, 0.25) is 0 Å². The van der Waals surface area contributed by atoms with Gasteiger partial charge in [0.05, 0.1) is 0 Å². The molecule has 1 aliphatic heterocycles. The molecule has 0 radical (unpaired) electrons. The van der Waals surface area contributed by atoms with Crippen LogP contribution in [-0.4, -0.2) is 36.5 Å². The summed E-state index contributed by atoms with van der Waals surface area (Å²) in [6.45, 7) is 4.66. The van der Waals surface area contributed by atoms with E-state index in [2.05, 4.69) is 5.32 Å². The first-order valence-electron chi connectivity index (χ1n) is 7.31. The summed E-state index contributed by atoms with van der Waals surface area (Å²) in [4.78, 5) is 14.5. The maximum atomic E-state index is 12.5. The third-order valence-corrected chi connectivity index (χ3v) is 4.02. The molecule has 1 atom stereocenters. The zero-order valence-corrected chi connectivity index (χ0v) is 11.5. The van der Waals surface area contributed by atoms with E-state index in [4.69, 9.17) is 4.42 Å². The molecule has 1 N–H and O–H groups in total. The van der Waals surface area contributed by atoms with Crippen LogP contribution in [0.3, 0.4) is 0 Å². The van der Waals surface area contributed by atoms with Gasteiger partial charge in [-0.15, -0.1) is 0 Å². The molecule has 1 unspecified atom stereocenters. The normalized spacial score (nSPS) is 22.7. The second-order valence-electron chi connectivity index (χ2n) is 5.86. The fourth-order valence-electron chi connectivity index (χ4n) is 2.74. The molecule has 1 amide bonds. The topological polar surface area (TPSA) is 45.5 Å². The molecule has 1 aromatic rings. The number of hydrogen-bond acceptors (Lipinski definition) is 3. The summed E-state index contributed by atoms with van der Waals surface area (Å²) in [5.41, 5.74) is 0. The smallest absolute Gasteiger partial charge is 0.289 e. The molecular weight excluding hydrogens is 240 g/mol. The number of amides is 1. The Balaban J connectivity index is 1.67. The van der Waals surface area contributed by atoms with Crippen molar-refractivity contribution in [3.63, 3.8) is 0 Å². The molecule has 4 nitrogen and oxygen atoms in total. The van der Waals surface area contributed by atoms with Gasteiger partial charge in [0, 0.05) is 19.1 Å². The summed E-state index contributed by atoms with van der Waals surface area (Å²) in [6, 6.07) is 4.11. The highest BCUT2D eigenvalue weighted by Crippen LogP contribution is 2.30. The molecule has 104 valence electrons. The van der Waals surface area contributed by atoms with E-state index in [1.807, 2.05) is 17.9 Å². The lowest BCUT2D eigenvalue weighted by atomic mass is 10.2. The number of carbonyl (C=O) groups excluding carboxylic acids is 1. The largest absolute Gasteiger partial charge is 0.456 e. The predicted octanol–water partition coefficient (Wildman–Crippen LogP) is 2.19. The van der Waals surface area contributed by atoms with Crippen LogP contribution in [0.1, 0.15) is 42.0 Å². The van der Waals surface area contributed by atoms with Crippen molar-refractivity contribution in [1.82, 2.24) is 10.2 Å². The van der Waals surface area contributed by atoms with Crippen molar-refractivity contribution in [2.75, 3.05) is 19.6 Å². The van der Waals surface area contributed by atoms with E-state index in [1.165, 1.54) is 25.7 Å². The van der Waals surface area contributed by atoms with Crippen LogP contribution in [0.5, 0.6) is 0 Å². The molecule has 0 aromatic carbocycles. The Morgan fingerprint density at radius 3 is 2.79 bits per heavy atom. The monoisotopic (exact) mass is 262 g/mol. The Hall–Kier alpha value is -1.29.